The number of imidazole rings is 1. The Morgan fingerprint density at radius 2 is 0.806 bits per heavy atom. The van der Waals surface area contributed by atoms with E-state index in [4.69, 9.17) is 0 Å². The van der Waals surface area contributed by atoms with Gasteiger partial charge in [-0.3, -0.25) is 0 Å². The van der Waals surface area contributed by atoms with Crippen LogP contribution in [0.3, 0.4) is 0 Å². The van der Waals surface area contributed by atoms with Gasteiger partial charge in [-0.15, -0.1) is 0 Å². The zero-order valence-corrected chi connectivity index (χ0v) is 21.7. The molecule has 0 amide bonds. The second-order valence-electron chi connectivity index (χ2n) is 9.47. The normalized spacial score (nSPS) is 11.7. The van der Waals surface area contributed by atoms with Crippen LogP contribution in [0, 0.1) is 3.89 Å². The van der Waals surface area contributed by atoms with Crippen molar-refractivity contribution in [2.24, 2.45) is 0 Å². The van der Waals surface area contributed by atoms with Crippen LogP contribution in [0.4, 0.5) is 0 Å². The minimum Gasteiger partial charge on any atom is -0.412 e. The molecule has 3 rings (SSSR count). The smallest absolute Gasteiger partial charge is 0.412 e. The second kappa shape index (κ2) is 10.3. The van der Waals surface area contributed by atoms with E-state index in [1.54, 1.807) is 0 Å². The van der Waals surface area contributed by atoms with E-state index in [2.05, 4.69) is 132 Å². The van der Waals surface area contributed by atoms with Crippen LogP contribution in [0.5, 0.6) is 0 Å². The number of benzene rings is 2. The monoisotopic (exact) mass is 512 g/mol. The standard InChI is InChI=1S/C27H36N2.H2O.Pd/c1-18(2)22-11-9-12-23(19(3)4)26(22)28-15-16-29(17-28)27-24(20(5)6)13-10-14-25(27)21(7)8;;/h9-16,18-21H,1-8H3;1H2;. The van der Waals surface area contributed by atoms with Crippen molar-refractivity contribution < 1.29 is 24.2 Å². The van der Waals surface area contributed by atoms with Crippen molar-refractivity contribution in [2.75, 3.05) is 0 Å². The van der Waals surface area contributed by atoms with Gasteiger partial charge in [-0.2, -0.15) is 0 Å². The number of hydrogen-bond donors (Lipinski definition) is 0. The van der Waals surface area contributed by atoms with Crippen molar-refractivity contribution in [2.45, 2.75) is 79.1 Å². The molecule has 0 spiro atoms. The van der Waals surface area contributed by atoms with Gasteiger partial charge in [0.25, 0.3) is 0 Å². The summed E-state index contributed by atoms with van der Waals surface area (Å²) < 4.78 is 5.78. The van der Waals surface area contributed by atoms with E-state index in [0.717, 1.165) is 3.89 Å². The van der Waals surface area contributed by atoms with Gasteiger partial charge in [0.2, 0.25) is 0 Å². The van der Waals surface area contributed by atoms with Gasteiger partial charge in [-0.1, -0.05) is 0 Å². The minimum absolute atomic E-state index is 0. The van der Waals surface area contributed by atoms with Gasteiger partial charge >= 0.3 is 193 Å². The summed E-state index contributed by atoms with van der Waals surface area (Å²) in [6, 6.07) is 13.5. The maximum Gasteiger partial charge on any atom is -0.412 e. The summed E-state index contributed by atoms with van der Waals surface area (Å²) in [5, 5.41) is 0. The maximum absolute atomic E-state index is 3.64. The van der Waals surface area contributed by atoms with Crippen molar-refractivity contribution in [3.63, 3.8) is 0 Å². The minimum atomic E-state index is 0. The van der Waals surface area contributed by atoms with Gasteiger partial charge in [-0.05, 0) is 0 Å². The predicted octanol–water partition coefficient (Wildman–Crippen LogP) is 7.02. The third-order valence-electron chi connectivity index (χ3n) is 5.90. The first-order chi connectivity index (χ1) is 14.1. The van der Waals surface area contributed by atoms with Crippen LogP contribution < -0.4 is 0 Å². The quantitative estimate of drug-likeness (QED) is 0.319. The Morgan fingerprint density at radius 3 is 1.03 bits per heavy atom. The molecule has 0 aliphatic rings. The molecule has 3 nitrogen and oxygen atoms in total. The largest absolute Gasteiger partial charge is 0.412 e. The Bertz CT molecular complexity index is 950. The second-order valence-corrected chi connectivity index (χ2v) is 10.2. The molecule has 0 radical (unpaired) electrons. The van der Waals surface area contributed by atoms with Crippen LogP contribution in [0.1, 0.15) is 101 Å². The molecule has 0 bridgehead atoms. The first-order valence-electron chi connectivity index (χ1n) is 11.2. The third-order valence-corrected chi connectivity index (χ3v) is 6.65. The van der Waals surface area contributed by atoms with Crippen molar-refractivity contribution in [3.8, 4) is 11.4 Å². The van der Waals surface area contributed by atoms with Crippen LogP contribution in [-0.2, 0) is 18.7 Å². The van der Waals surface area contributed by atoms with Crippen LogP contribution in [0.25, 0.3) is 11.4 Å². The molecular weight excluding hydrogens is 475 g/mol. The van der Waals surface area contributed by atoms with Gasteiger partial charge < -0.3 is 5.48 Å². The fourth-order valence-electron chi connectivity index (χ4n) is 4.26. The summed E-state index contributed by atoms with van der Waals surface area (Å²) in [7, 11) is 0. The van der Waals surface area contributed by atoms with E-state index in [1.807, 2.05) is 0 Å². The molecule has 0 unspecified atom stereocenters. The summed E-state index contributed by atoms with van der Waals surface area (Å²) in [6.45, 7) is 18.2. The molecule has 3 aromatic rings. The Hall–Kier alpha value is -1.73. The fourth-order valence-corrected chi connectivity index (χ4v) is 4.84. The summed E-state index contributed by atoms with van der Waals surface area (Å²) in [6.07, 6.45) is 4.43. The van der Waals surface area contributed by atoms with E-state index in [9.17, 15) is 0 Å². The van der Waals surface area contributed by atoms with Crippen molar-refractivity contribution in [1.82, 2.24) is 9.13 Å². The fraction of sp³-hybridized carbons (Fsp3) is 0.444. The first kappa shape index (κ1) is 25.5. The van der Waals surface area contributed by atoms with Gasteiger partial charge in [0.15, 0.2) is 0 Å². The van der Waals surface area contributed by atoms with Crippen molar-refractivity contribution >= 4 is 0 Å². The molecule has 2 aromatic carbocycles. The molecule has 0 saturated carbocycles. The van der Waals surface area contributed by atoms with Gasteiger partial charge in [0, 0.05) is 0 Å². The molecule has 31 heavy (non-hydrogen) atoms. The molecule has 4 heteroatoms. The predicted molar refractivity (Wildman–Crippen MR) is 128 cm³/mol. The summed E-state index contributed by atoms with van der Waals surface area (Å²) in [4.78, 5) is 0. The summed E-state index contributed by atoms with van der Waals surface area (Å²) in [5.74, 6) is 1.83. The Balaban J connectivity index is 0.00000341. The van der Waals surface area contributed by atoms with E-state index < -0.39 is 0 Å². The van der Waals surface area contributed by atoms with Crippen LogP contribution in [0.2, 0.25) is 0 Å². The van der Waals surface area contributed by atoms with E-state index in [0.29, 0.717) is 23.7 Å². The molecule has 0 saturated heterocycles. The van der Waals surface area contributed by atoms with E-state index in [1.165, 1.54) is 33.6 Å². The Kier molecular flexibility index (Phi) is 8.45. The van der Waals surface area contributed by atoms with Gasteiger partial charge in [-0.25, -0.2) is 0 Å². The topological polar surface area (TPSA) is 41.4 Å². The molecular formula is C27H38N2OPd. The average Bonchev–Trinajstić information content (AvgIpc) is 3.07. The summed E-state index contributed by atoms with van der Waals surface area (Å²) in [5.41, 5.74) is 8.18. The van der Waals surface area contributed by atoms with Gasteiger partial charge in [0.1, 0.15) is 0 Å². The van der Waals surface area contributed by atoms with Crippen LogP contribution in [-0.4, -0.2) is 14.6 Å². The van der Waals surface area contributed by atoms with E-state index in [-0.39, 0.29) is 5.48 Å². The number of hydrogen-bond acceptors (Lipinski definition) is 0. The molecule has 1 aromatic heterocycles. The maximum atomic E-state index is 3.64. The molecule has 0 aliphatic heterocycles. The average molecular weight is 513 g/mol. The molecule has 1 heterocycles. The van der Waals surface area contributed by atoms with Crippen LogP contribution in [0.15, 0.2) is 48.8 Å². The molecule has 0 fully saturated rings. The van der Waals surface area contributed by atoms with Gasteiger partial charge in [0.05, 0.1) is 0 Å². The molecule has 172 valence electrons. The third kappa shape index (κ3) is 4.87. The Labute approximate surface area is 198 Å². The van der Waals surface area contributed by atoms with E-state index >= 15 is 0 Å². The zero-order valence-electron chi connectivity index (χ0n) is 20.1. The number of para-hydroxylation sites is 2. The zero-order chi connectivity index (χ0) is 22.2. The molecule has 2 N–H and O–H groups in total. The number of aromatic nitrogens is 2. The summed E-state index contributed by atoms with van der Waals surface area (Å²) >= 11 is 3.64. The molecule has 0 atom stereocenters. The molecule has 0 aliphatic carbocycles. The van der Waals surface area contributed by atoms with Crippen molar-refractivity contribution in [1.29, 1.82) is 0 Å². The van der Waals surface area contributed by atoms with Crippen LogP contribution >= 0.6 is 0 Å². The number of rotatable bonds is 6. The van der Waals surface area contributed by atoms with Crippen molar-refractivity contribution in [3.05, 3.63) is 74.9 Å². The first-order valence-corrected chi connectivity index (χ1v) is 11.9. The number of nitrogens with zero attached hydrogens (tertiary/aromatic N) is 2. The SMILES string of the molecule is CC(C)c1cccc(C(C)C)c1-n1ccn(-c2c(C(C)C)cccc2C(C)C)[c]1=[Pd].O. The Morgan fingerprint density at radius 1 is 0.548 bits per heavy atom.